The number of carbonyl (C=O) groups is 2. The van der Waals surface area contributed by atoms with Gasteiger partial charge in [0.2, 0.25) is 5.91 Å². The van der Waals surface area contributed by atoms with Crippen molar-refractivity contribution in [1.29, 1.82) is 0 Å². The maximum atomic E-state index is 11.8. The van der Waals surface area contributed by atoms with Crippen molar-refractivity contribution >= 4 is 17.6 Å². The first-order valence-corrected chi connectivity index (χ1v) is 7.95. The number of fused-ring (bicyclic) bond motifs is 1. The zero-order chi connectivity index (χ0) is 17.1. The molecular formula is C19H20N2O3. The fourth-order valence-corrected chi connectivity index (χ4v) is 3.15. The van der Waals surface area contributed by atoms with Crippen LogP contribution < -0.4 is 5.32 Å². The van der Waals surface area contributed by atoms with Crippen LogP contribution in [-0.4, -0.2) is 35.5 Å². The molecule has 2 N–H and O–H groups in total. The van der Waals surface area contributed by atoms with Crippen LogP contribution in [0.3, 0.4) is 0 Å². The number of aliphatic carboxylic acids is 1. The number of nitrogens with one attached hydrogen (secondary N) is 1. The summed E-state index contributed by atoms with van der Waals surface area (Å²) in [6.45, 7) is 1.69. The Morgan fingerprint density at radius 2 is 1.88 bits per heavy atom. The summed E-state index contributed by atoms with van der Waals surface area (Å²) < 4.78 is 0. The van der Waals surface area contributed by atoms with Crippen molar-refractivity contribution in [2.75, 3.05) is 18.9 Å². The van der Waals surface area contributed by atoms with E-state index in [-0.39, 0.29) is 0 Å². The van der Waals surface area contributed by atoms with Crippen LogP contribution in [0.4, 0.5) is 5.69 Å². The maximum Gasteiger partial charge on any atom is 0.312 e. The van der Waals surface area contributed by atoms with E-state index in [0.29, 0.717) is 5.69 Å². The molecule has 1 aliphatic heterocycles. The molecule has 5 nitrogen and oxygen atoms in total. The molecule has 0 fully saturated rings. The Balaban J connectivity index is 2.00. The second-order valence-electron chi connectivity index (χ2n) is 6.09. The lowest BCUT2D eigenvalue weighted by atomic mass is 9.89. The molecule has 0 atom stereocenters. The Morgan fingerprint density at radius 3 is 2.58 bits per heavy atom. The number of likely N-dealkylation sites (N-methyl/N-ethyl adjacent to an activating group) is 1. The van der Waals surface area contributed by atoms with Crippen LogP contribution in [0.15, 0.2) is 42.5 Å². The van der Waals surface area contributed by atoms with Crippen molar-refractivity contribution in [3.63, 3.8) is 0 Å². The Morgan fingerprint density at radius 1 is 1.12 bits per heavy atom. The minimum absolute atomic E-state index is 0.495. The highest BCUT2D eigenvalue weighted by Crippen LogP contribution is 2.34. The zero-order valence-corrected chi connectivity index (χ0v) is 13.6. The molecule has 0 saturated heterocycles. The molecule has 0 aliphatic carbocycles. The standard InChI is InChI=1S/C19H20N2O3/c1-21-10-9-15-14(13-5-3-2-4-6-13)7-8-17(16(15)12-21)20-18(22)11-19(23)24/h2-8H,9-12H2,1H3,(H,20,22)(H,23,24). The van der Waals surface area contributed by atoms with Crippen LogP contribution in [0, 0.1) is 0 Å². The molecule has 0 bridgehead atoms. The van der Waals surface area contributed by atoms with E-state index >= 15 is 0 Å². The number of amides is 1. The van der Waals surface area contributed by atoms with Gasteiger partial charge < -0.3 is 15.3 Å². The SMILES string of the molecule is CN1CCc2c(-c3ccccc3)ccc(NC(=O)CC(=O)O)c2C1. The number of carboxylic acids is 1. The number of benzene rings is 2. The molecule has 1 aliphatic rings. The smallest absolute Gasteiger partial charge is 0.312 e. The molecule has 1 heterocycles. The van der Waals surface area contributed by atoms with E-state index in [4.69, 9.17) is 5.11 Å². The van der Waals surface area contributed by atoms with E-state index in [1.165, 1.54) is 11.1 Å². The molecule has 5 heteroatoms. The molecule has 3 rings (SSSR count). The van der Waals surface area contributed by atoms with E-state index < -0.39 is 18.3 Å². The number of carboxylic acid groups (broad SMARTS) is 1. The second-order valence-corrected chi connectivity index (χ2v) is 6.09. The second kappa shape index (κ2) is 6.84. The summed E-state index contributed by atoms with van der Waals surface area (Å²) in [4.78, 5) is 24.7. The van der Waals surface area contributed by atoms with Gasteiger partial charge in [-0.2, -0.15) is 0 Å². The van der Waals surface area contributed by atoms with Crippen LogP contribution in [0.2, 0.25) is 0 Å². The average Bonchev–Trinajstić information content (AvgIpc) is 2.55. The first kappa shape index (κ1) is 16.2. The van der Waals surface area contributed by atoms with Crippen molar-refractivity contribution in [2.24, 2.45) is 0 Å². The van der Waals surface area contributed by atoms with Crippen LogP contribution in [0.1, 0.15) is 17.5 Å². The Kier molecular flexibility index (Phi) is 4.62. The molecular weight excluding hydrogens is 304 g/mol. The lowest BCUT2D eigenvalue weighted by Crippen LogP contribution is -2.28. The third kappa shape index (κ3) is 3.46. The third-order valence-electron chi connectivity index (χ3n) is 4.27. The summed E-state index contributed by atoms with van der Waals surface area (Å²) in [6, 6.07) is 14.1. The van der Waals surface area contributed by atoms with Crippen LogP contribution in [0.25, 0.3) is 11.1 Å². The molecule has 2 aromatic carbocycles. The highest BCUT2D eigenvalue weighted by atomic mass is 16.4. The van der Waals surface area contributed by atoms with Crippen molar-refractivity contribution in [1.82, 2.24) is 4.90 Å². The number of carbonyl (C=O) groups excluding carboxylic acids is 1. The third-order valence-corrected chi connectivity index (χ3v) is 4.27. The van der Waals surface area contributed by atoms with Gasteiger partial charge in [0.15, 0.2) is 0 Å². The molecule has 0 radical (unpaired) electrons. The molecule has 0 unspecified atom stereocenters. The quantitative estimate of drug-likeness (QED) is 0.849. The molecule has 1 amide bonds. The summed E-state index contributed by atoms with van der Waals surface area (Å²) in [6.07, 6.45) is 0.379. The van der Waals surface area contributed by atoms with Gasteiger partial charge in [-0.05, 0) is 41.8 Å². The summed E-state index contributed by atoms with van der Waals surface area (Å²) in [7, 11) is 2.04. The van der Waals surface area contributed by atoms with Gasteiger partial charge >= 0.3 is 5.97 Å². The molecule has 2 aromatic rings. The van der Waals surface area contributed by atoms with Crippen LogP contribution in [-0.2, 0) is 22.6 Å². The molecule has 24 heavy (non-hydrogen) atoms. The minimum Gasteiger partial charge on any atom is -0.481 e. The van der Waals surface area contributed by atoms with Crippen molar-refractivity contribution in [2.45, 2.75) is 19.4 Å². The predicted molar refractivity (Wildman–Crippen MR) is 92.8 cm³/mol. The van der Waals surface area contributed by atoms with Gasteiger partial charge in [-0.15, -0.1) is 0 Å². The van der Waals surface area contributed by atoms with Crippen LogP contribution in [0.5, 0.6) is 0 Å². The van der Waals surface area contributed by atoms with E-state index in [0.717, 1.165) is 30.6 Å². The number of rotatable bonds is 4. The lowest BCUT2D eigenvalue weighted by Gasteiger charge is -2.29. The van der Waals surface area contributed by atoms with Gasteiger partial charge in [-0.25, -0.2) is 0 Å². The van der Waals surface area contributed by atoms with E-state index in [1.807, 2.05) is 37.4 Å². The van der Waals surface area contributed by atoms with E-state index in [1.54, 1.807) is 0 Å². The van der Waals surface area contributed by atoms with Gasteiger partial charge in [0.1, 0.15) is 6.42 Å². The summed E-state index contributed by atoms with van der Waals surface area (Å²) >= 11 is 0. The topological polar surface area (TPSA) is 69.6 Å². The molecule has 124 valence electrons. The predicted octanol–water partition coefficient (Wildman–Crippen LogP) is 2.75. The largest absolute Gasteiger partial charge is 0.481 e. The average molecular weight is 324 g/mol. The summed E-state index contributed by atoms with van der Waals surface area (Å²) in [5.41, 5.74) is 5.34. The van der Waals surface area contributed by atoms with Crippen LogP contribution >= 0.6 is 0 Å². The molecule has 0 aromatic heterocycles. The van der Waals surface area contributed by atoms with E-state index in [9.17, 15) is 9.59 Å². The highest BCUT2D eigenvalue weighted by molar-refractivity contribution is 6.02. The van der Waals surface area contributed by atoms with E-state index in [2.05, 4.69) is 22.3 Å². The number of hydrogen-bond acceptors (Lipinski definition) is 3. The first-order chi connectivity index (χ1) is 11.5. The fraction of sp³-hybridized carbons (Fsp3) is 0.263. The highest BCUT2D eigenvalue weighted by Gasteiger charge is 2.21. The number of anilines is 1. The van der Waals surface area contributed by atoms with Gasteiger partial charge in [0.05, 0.1) is 0 Å². The van der Waals surface area contributed by atoms with Gasteiger partial charge in [-0.1, -0.05) is 36.4 Å². The van der Waals surface area contributed by atoms with Gasteiger partial charge in [0, 0.05) is 18.8 Å². The Bertz CT molecular complexity index is 772. The minimum atomic E-state index is -1.13. The van der Waals surface area contributed by atoms with Crippen molar-refractivity contribution < 1.29 is 14.7 Å². The van der Waals surface area contributed by atoms with Gasteiger partial charge in [-0.3, -0.25) is 9.59 Å². The fourth-order valence-electron chi connectivity index (χ4n) is 3.15. The molecule has 0 spiro atoms. The van der Waals surface area contributed by atoms with Crippen molar-refractivity contribution in [3.05, 3.63) is 53.6 Å². The van der Waals surface area contributed by atoms with Gasteiger partial charge in [0.25, 0.3) is 0 Å². The Hall–Kier alpha value is -2.66. The summed E-state index contributed by atoms with van der Waals surface area (Å²) in [5.74, 6) is -1.62. The summed E-state index contributed by atoms with van der Waals surface area (Å²) in [5, 5.41) is 11.5. The van der Waals surface area contributed by atoms with Crippen molar-refractivity contribution in [3.8, 4) is 11.1 Å². The maximum absolute atomic E-state index is 11.8. The monoisotopic (exact) mass is 324 g/mol. The normalized spacial score (nSPS) is 14.0. The zero-order valence-electron chi connectivity index (χ0n) is 13.6. The molecule has 0 saturated carbocycles. The first-order valence-electron chi connectivity index (χ1n) is 7.95. The number of hydrogen-bond donors (Lipinski definition) is 2. The lowest BCUT2D eigenvalue weighted by molar-refractivity contribution is -0.139. The number of nitrogens with zero attached hydrogens (tertiary/aromatic N) is 1. The Labute approximate surface area is 140 Å².